The van der Waals surface area contributed by atoms with Crippen molar-refractivity contribution in [2.75, 3.05) is 12.4 Å². The van der Waals surface area contributed by atoms with Gasteiger partial charge in [0.2, 0.25) is 10.0 Å². The largest absolute Gasteiger partial charge is 0.388 e. The second-order valence-electron chi connectivity index (χ2n) is 5.08. The van der Waals surface area contributed by atoms with Crippen molar-refractivity contribution >= 4 is 21.4 Å². The first-order valence-corrected chi connectivity index (χ1v) is 7.80. The van der Waals surface area contributed by atoms with Crippen molar-refractivity contribution in [3.05, 3.63) is 28.3 Å². The molecule has 20 heavy (non-hydrogen) atoms. The van der Waals surface area contributed by atoms with Gasteiger partial charge in [0.1, 0.15) is 0 Å². The number of nitro benzene ring substituents is 1. The highest BCUT2D eigenvalue weighted by Crippen LogP contribution is 2.31. The van der Waals surface area contributed by atoms with E-state index in [4.69, 9.17) is 0 Å². The fourth-order valence-corrected chi connectivity index (χ4v) is 3.78. The van der Waals surface area contributed by atoms with E-state index in [9.17, 15) is 18.5 Å². The molecule has 0 atom stereocenters. The van der Waals surface area contributed by atoms with Crippen LogP contribution in [0.1, 0.15) is 19.8 Å². The molecule has 7 nitrogen and oxygen atoms in total. The van der Waals surface area contributed by atoms with Crippen LogP contribution < -0.4 is 10.0 Å². The Kier molecular flexibility index (Phi) is 3.96. The van der Waals surface area contributed by atoms with E-state index in [0.29, 0.717) is 11.6 Å². The highest BCUT2D eigenvalue weighted by molar-refractivity contribution is 7.89. The number of benzene rings is 1. The van der Waals surface area contributed by atoms with E-state index >= 15 is 0 Å². The molecule has 1 fully saturated rings. The fourth-order valence-electron chi connectivity index (χ4n) is 2.32. The normalized spacial score (nSPS) is 22.1. The van der Waals surface area contributed by atoms with E-state index in [1.807, 2.05) is 6.92 Å². The number of anilines is 1. The summed E-state index contributed by atoms with van der Waals surface area (Å²) in [6.45, 7) is 2.04. The topological polar surface area (TPSA) is 101 Å². The lowest BCUT2D eigenvalue weighted by Gasteiger charge is -2.32. The van der Waals surface area contributed by atoms with Crippen molar-refractivity contribution in [3.63, 3.8) is 0 Å². The Morgan fingerprint density at radius 1 is 1.35 bits per heavy atom. The Morgan fingerprint density at radius 2 is 2.00 bits per heavy atom. The van der Waals surface area contributed by atoms with Crippen LogP contribution in [0.4, 0.5) is 11.4 Å². The first-order valence-electron chi connectivity index (χ1n) is 6.32. The third kappa shape index (κ3) is 2.91. The van der Waals surface area contributed by atoms with Gasteiger partial charge in [-0.25, -0.2) is 13.1 Å². The third-order valence-electron chi connectivity index (χ3n) is 3.43. The van der Waals surface area contributed by atoms with Gasteiger partial charge in [0.05, 0.1) is 4.92 Å². The summed E-state index contributed by atoms with van der Waals surface area (Å²) in [5.41, 5.74) is 0.0989. The summed E-state index contributed by atoms with van der Waals surface area (Å²) in [6.07, 6.45) is 1.53. The molecule has 1 aliphatic carbocycles. The van der Waals surface area contributed by atoms with Gasteiger partial charge in [-0.05, 0) is 30.9 Å². The van der Waals surface area contributed by atoms with Crippen molar-refractivity contribution in [1.29, 1.82) is 0 Å². The van der Waals surface area contributed by atoms with Crippen molar-refractivity contribution in [3.8, 4) is 0 Å². The molecule has 1 saturated carbocycles. The van der Waals surface area contributed by atoms with E-state index < -0.39 is 20.6 Å². The van der Waals surface area contributed by atoms with Crippen molar-refractivity contribution in [1.82, 2.24) is 4.72 Å². The summed E-state index contributed by atoms with van der Waals surface area (Å²) in [4.78, 5) is 10.0. The smallest absolute Gasteiger partial charge is 0.289 e. The van der Waals surface area contributed by atoms with Crippen LogP contribution in [0.25, 0.3) is 0 Å². The van der Waals surface area contributed by atoms with Crippen LogP contribution in [-0.2, 0) is 10.0 Å². The Hall–Kier alpha value is -1.67. The summed E-state index contributed by atoms with van der Waals surface area (Å²) in [7, 11) is -2.26. The SMILES string of the molecule is CNc1ccc([N+](=O)[O-])c(S(=O)(=O)NC2CC(C)C2)c1. The molecule has 0 spiro atoms. The Bertz CT molecular complexity index is 624. The number of nitrogens with zero attached hydrogens (tertiary/aromatic N) is 1. The third-order valence-corrected chi connectivity index (χ3v) is 4.98. The zero-order chi connectivity index (χ0) is 14.9. The van der Waals surface area contributed by atoms with Gasteiger partial charge in [-0.1, -0.05) is 6.92 Å². The maximum absolute atomic E-state index is 12.3. The average molecular weight is 299 g/mol. The van der Waals surface area contributed by atoms with Gasteiger partial charge in [0.25, 0.3) is 5.69 Å². The number of hydrogen-bond donors (Lipinski definition) is 2. The van der Waals surface area contributed by atoms with E-state index in [-0.39, 0.29) is 10.9 Å². The van der Waals surface area contributed by atoms with Crippen LogP contribution >= 0.6 is 0 Å². The molecular formula is C12H17N3O4S. The molecule has 8 heteroatoms. The molecule has 110 valence electrons. The second kappa shape index (κ2) is 5.37. The lowest BCUT2D eigenvalue weighted by Crippen LogP contribution is -2.43. The molecule has 2 N–H and O–H groups in total. The Morgan fingerprint density at radius 3 is 2.50 bits per heavy atom. The van der Waals surface area contributed by atoms with E-state index in [1.54, 1.807) is 7.05 Å². The second-order valence-corrected chi connectivity index (χ2v) is 6.77. The Labute approximate surface area is 117 Å². The zero-order valence-corrected chi connectivity index (χ0v) is 12.1. The summed E-state index contributed by atoms with van der Waals surface area (Å²) in [5.74, 6) is 0.487. The quantitative estimate of drug-likeness (QED) is 0.636. The fraction of sp³-hybridized carbons (Fsp3) is 0.500. The number of hydrogen-bond acceptors (Lipinski definition) is 5. The molecule has 2 rings (SSSR count). The molecule has 0 saturated heterocycles. The summed E-state index contributed by atoms with van der Waals surface area (Å²) in [5, 5.41) is 13.8. The van der Waals surface area contributed by atoms with Gasteiger partial charge in [0, 0.05) is 24.8 Å². The maximum atomic E-state index is 12.3. The van der Waals surface area contributed by atoms with Gasteiger partial charge in [-0.15, -0.1) is 0 Å². The minimum Gasteiger partial charge on any atom is -0.388 e. The molecule has 0 unspecified atom stereocenters. The maximum Gasteiger partial charge on any atom is 0.289 e. The molecule has 0 heterocycles. The molecule has 0 aliphatic heterocycles. The molecule has 0 bridgehead atoms. The number of sulfonamides is 1. The standard InChI is InChI=1S/C12H17N3O4S/c1-8-5-10(6-8)14-20(18,19)12-7-9(13-2)3-4-11(12)15(16)17/h3-4,7-8,10,13-14H,5-6H2,1-2H3. The van der Waals surface area contributed by atoms with Crippen LogP contribution in [0.2, 0.25) is 0 Å². The molecule has 0 amide bonds. The first-order chi connectivity index (χ1) is 9.33. The molecule has 1 aromatic rings. The number of nitrogens with one attached hydrogen (secondary N) is 2. The van der Waals surface area contributed by atoms with Gasteiger partial charge in [0.15, 0.2) is 4.90 Å². The van der Waals surface area contributed by atoms with E-state index in [2.05, 4.69) is 10.0 Å². The summed E-state index contributed by atoms with van der Waals surface area (Å²) < 4.78 is 27.1. The summed E-state index contributed by atoms with van der Waals surface area (Å²) in [6, 6.07) is 3.82. The molecule has 1 aromatic carbocycles. The Balaban J connectivity index is 2.35. The lowest BCUT2D eigenvalue weighted by molar-refractivity contribution is -0.387. The van der Waals surface area contributed by atoms with Gasteiger partial charge < -0.3 is 5.32 Å². The minimum atomic E-state index is -3.88. The highest BCUT2D eigenvalue weighted by atomic mass is 32.2. The summed E-state index contributed by atoms with van der Waals surface area (Å²) >= 11 is 0. The van der Waals surface area contributed by atoms with Crippen molar-refractivity contribution in [2.45, 2.75) is 30.7 Å². The molecular weight excluding hydrogens is 282 g/mol. The first kappa shape index (κ1) is 14.7. The highest BCUT2D eigenvalue weighted by Gasteiger charge is 2.33. The van der Waals surface area contributed by atoms with E-state index in [1.165, 1.54) is 18.2 Å². The number of nitro groups is 1. The molecule has 1 aliphatic rings. The average Bonchev–Trinajstić information content (AvgIpc) is 2.35. The molecule has 0 aromatic heterocycles. The van der Waals surface area contributed by atoms with Crippen molar-refractivity contribution < 1.29 is 13.3 Å². The monoisotopic (exact) mass is 299 g/mol. The zero-order valence-electron chi connectivity index (χ0n) is 11.3. The van der Waals surface area contributed by atoms with Crippen LogP contribution in [0.3, 0.4) is 0 Å². The predicted molar refractivity (Wildman–Crippen MR) is 75.2 cm³/mol. The van der Waals surface area contributed by atoms with Crippen LogP contribution in [0, 0.1) is 16.0 Å². The predicted octanol–water partition coefficient (Wildman–Crippen LogP) is 1.71. The van der Waals surface area contributed by atoms with Gasteiger partial charge >= 0.3 is 0 Å². The lowest BCUT2D eigenvalue weighted by atomic mass is 9.83. The van der Waals surface area contributed by atoms with E-state index in [0.717, 1.165) is 12.8 Å². The van der Waals surface area contributed by atoms with Crippen LogP contribution in [0.15, 0.2) is 23.1 Å². The van der Waals surface area contributed by atoms with Crippen molar-refractivity contribution in [2.24, 2.45) is 5.92 Å². The van der Waals surface area contributed by atoms with Gasteiger partial charge in [-0.2, -0.15) is 0 Å². The van der Waals surface area contributed by atoms with Crippen LogP contribution in [-0.4, -0.2) is 26.4 Å². The van der Waals surface area contributed by atoms with Crippen LogP contribution in [0.5, 0.6) is 0 Å². The minimum absolute atomic E-state index is 0.132. The molecule has 0 radical (unpaired) electrons. The number of rotatable bonds is 5. The van der Waals surface area contributed by atoms with Gasteiger partial charge in [-0.3, -0.25) is 10.1 Å².